The third-order valence-electron chi connectivity index (χ3n) is 2.80. The van der Waals surface area contributed by atoms with Crippen molar-refractivity contribution in [2.75, 3.05) is 5.73 Å². The van der Waals surface area contributed by atoms with E-state index in [0.29, 0.717) is 11.3 Å². The second kappa shape index (κ2) is 4.19. The Kier molecular flexibility index (Phi) is 2.60. The highest BCUT2D eigenvalue weighted by Crippen LogP contribution is 2.34. The maximum atomic E-state index is 12.8. The SMILES string of the molecule is Nc1ncc(-c2cnc3cccnn23)cc1C(F)(F)F. The van der Waals surface area contributed by atoms with Crippen molar-refractivity contribution in [3.63, 3.8) is 0 Å². The van der Waals surface area contributed by atoms with Gasteiger partial charge in [-0.05, 0) is 18.2 Å². The molecule has 3 aromatic rings. The smallest absolute Gasteiger partial charge is 0.383 e. The summed E-state index contributed by atoms with van der Waals surface area (Å²) < 4.78 is 39.9. The zero-order valence-corrected chi connectivity index (χ0v) is 9.96. The van der Waals surface area contributed by atoms with E-state index in [2.05, 4.69) is 15.1 Å². The number of hydrogen-bond donors (Lipinski definition) is 1. The molecule has 0 radical (unpaired) electrons. The van der Waals surface area contributed by atoms with E-state index in [1.165, 1.54) is 23.1 Å². The fraction of sp³-hybridized carbons (Fsp3) is 0.0833. The molecule has 3 rings (SSSR count). The number of alkyl halides is 3. The number of halogens is 3. The Hall–Kier alpha value is -2.64. The number of nitrogen functional groups attached to an aromatic ring is 1. The van der Waals surface area contributed by atoms with E-state index in [-0.39, 0.29) is 5.56 Å². The van der Waals surface area contributed by atoms with Crippen LogP contribution in [0.2, 0.25) is 0 Å². The summed E-state index contributed by atoms with van der Waals surface area (Å²) in [6.45, 7) is 0. The van der Waals surface area contributed by atoms with Gasteiger partial charge in [-0.2, -0.15) is 18.3 Å². The van der Waals surface area contributed by atoms with Gasteiger partial charge in [-0.15, -0.1) is 0 Å². The number of fused-ring (bicyclic) bond motifs is 1. The molecule has 8 heteroatoms. The summed E-state index contributed by atoms with van der Waals surface area (Å²) in [5.74, 6) is -0.553. The van der Waals surface area contributed by atoms with Crippen molar-refractivity contribution in [1.29, 1.82) is 0 Å². The van der Waals surface area contributed by atoms with Crippen molar-refractivity contribution in [2.24, 2.45) is 0 Å². The quantitative estimate of drug-likeness (QED) is 0.742. The average molecular weight is 279 g/mol. The Morgan fingerprint density at radius 3 is 2.70 bits per heavy atom. The van der Waals surface area contributed by atoms with Crippen molar-refractivity contribution >= 4 is 11.5 Å². The van der Waals surface area contributed by atoms with Gasteiger partial charge in [0.2, 0.25) is 0 Å². The minimum atomic E-state index is -4.55. The summed E-state index contributed by atoms with van der Waals surface area (Å²) in [6, 6.07) is 4.33. The lowest BCUT2D eigenvalue weighted by molar-refractivity contribution is -0.137. The lowest BCUT2D eigenvalue weighted by Gasteiger charge is -2.10. The van der Waals surface area contributed by atoms with Crippen LogP contribution in [0.4, 0.5) is 19.0 Å². The molecule has 0 spiro atoms. The number of hydrogen-bond acceptors (Lipinski definition) is 4. The van der Waals surface area contributed by atoms with Gasteiger partial charge >= 0.3 is 6.18 Å². The van der Waals surface area contributed by atoms with E-state index in [9.17, 15) is 13.2 Å². The van der Waals surface area contributed by atoms with E-state index in [1.54, 1.807) is 12.1 Å². The van der Waals surface area contributed by atoms with Crippen molar-refractivity contribution < 1.29 is 13.2 Å². The van der Waals surface area contributed by atoms with Crippen LogP contribution < -0.4 is 5.73 Å². The average Bonchev–Trinajstić information content (AvgIpc) is 2.82. The van der Waals surface area contributed by atoms with Crippen molar-refractivity contribution in [3.05, 3.63) is 42.4 Å². The second-order valence-corrected chi connectivity index (χ2v) is 4.09. The minimum absolute atomic E-state index is 0.248. The van der Waals surface area contributed by atoms with Crippen LogP contribution in [0.5, 0.6) is 0 Å². The minimum Gasteiger partial charge on any atom is -0.383 e. The fourth-order valence-electron chi connectivity index (χ4n) is 1.87. The number of anilines is 1. The first kappa shape index (κ1) is 12.4. The van der Waals surface area contributed by atoms with Crippen LogP contribution in [0, 0.1) is 0 Å². The summed E-state index contributed by atoms with van der Waals surface area (Å²) in [6.07, 6.45) is -0.326. The van der Waals surface area contributed by atoms with Gasteiger partial charge in [-0.3, -0.25) is 0 Å². The Bertz CT molecular complexity index is 778. The second-order valence-electron chi connectivity index (χ2n) is 4.09. The molecular formula is C12H8F3N5. The van der Waals surface area contributed by atoms with Crippen LogP contribution >= 0.6 is 0 Å². The number of rotatable bonds is 1. The number of pyridine rings is 1. The van der Waals surface area contributed by atoms with E-state index in [0.717, 1.165) is 6.07 Å². The van der Waals surface area contributed by atoms with Crippen LogP contribution in [-0.4, -0.2) is 19.6 Å². The molecule has 2 N–H and O–H groups in total. The summed E-state index contributed by atoms with van der Waals surface area (Å²) in [5.41, 5.74) is 5.50. The van der Waals surface area contributed by atoms with E-state index in [1.807, 2.05) is 0 Å². The molecule has 0 aliphatic rings. The Labute approximate surface area is 110 Å². The zero-order chi connectivity index (χ0) is 14.3. The van der Waals surface area contributed by atoms with E-state index >= 15 is 0 Å². The molecule has 0 fully saturated rings. The van der Waals surface area contributed by atoms with Gasteiger partial charge in [-0.1, -0.05) is 0 Å². The summed E-state index contributed by atoms with van der Waals surface area (Å²) in [5, 5.41) is 4.05. The molecule has 0 saturated heterocycles. The van der Waals surface area contributed by atoms with Crippen LogP contribution in [0.3, 0.4) is 0 Å². The first-order chi connectivity index (χ1) is 9.47. The van der Waals surface area contributed by atoms with Gasteiger partial charge in [0, 0.05) is 18.0 Å². The lowest BCUT2D eigenvalue weighted by atomic mass is 10.1. The standard InChI is InChI=1S/C12H8F3N5/c13-12(14,15)8-4-7(5-18-11(8)16)9-6-17-10-2-1-3-19-20(9)10/h1-6H,(H2,16,18). The predicted octanol–water partition coefficient (Wildman–Crippen LogP) is 2.39. The molecule has 0 amide bonds. The largest absolute Gasteiger partial charge is 0.419 e. The molecule has 102 valence electrons. The number of aromatic nitrogens is 4. The van der Waals surface area contributed by atoms with E-state index in [4.69, 9.17) is 5.73 Å². The molecule has 0 bridgehead atoms. The molecule has 3 aromatic heterocycles. The molecule has 5 nitrogen and oxygen atoms in total. The number of imidazole rings is 1. The maximum Gasteiger partial charge on any atom is 0.419 e. The first-order valence-electron chi connectivity index (χ1n) is 5.58. The molecule has 0 aliphatic carbocycles. The van der Waals surface area contributed by atoms with Gasteiger partial charge in [0.05, 0.1) is 17.5 Å². The van der Waals surface area contributed by atoms with E-state index < -0.39 is 17.6 Å². The molecule has 0 aliphatic heterocycles. The van der Waals surface area contributed by atoms with Gasteiger partial charge in [0.1, 0.15) is 5.82 Å². The molecule has 0 unspecified atom stereocenters. The summed E-state index contributed by atoms with van der Waals surface area (Å²) >= 11 is 0. The van der Waals surface area contributed by atoms with Gasteiger partial charge < -0.3 is 5.73 Å². The zero-order valence-electron chi connectivity index (χ0n) is 9.96. The molecule has 0 aromatic carbocycles. The van der Waals surface area contributed by atoms with Crippen LogP contribution in [0.1, 0.15) is 5.56 Å². The normalized spacial score (nSPS) is 11.9. The molecule has 0 atom stereocenters. The first-order valence-corrected chi connectivity index (χ1v) is 5.58. The third-order valence-corrected chi connectivity index (χ3v) is 2.80. The molecule has 3 heterocycles. The topological polar surface area (TPSA) is 69.1 Å². The highest BCUT2D eigenvalue weighted by Gasteiger charge is 2.34. The van der Waals surface area contributed by atoms with Crippen LogP contribution in [-0.2, 0) is 6.18 Å². The highest BCUT2D eigenvalue weighted by molar-refractivity contribution is 5.65. The monoisotopic (exact) mass is 279 g/mol. The number of nitrogens with zero attached hydrogens (tertiary/aromatic N) is 4. The maximum absolute atomic E-state index is 12.8. The van der Waals surface area contributed by atoms with Gasteiger partial charge in [0.25, 0.3) is 0 Å². The molecule has 0 saturated carbocycles. The highest BCUT2D eigenvalue weighted by atomic mass is 19.4. The fourth-order valence-corrected chi connectivity index (χ4v) is 1.87. The van der Waals surface area contributed by atoms with Gasteiger partial charge in [0.15, 0.2) is 5.65 Å². The summed E-state index contributed by atoms with van der Waals surface area (Å²) in [4.78, 5) is 7.67. The Morgan fingerprint density at radius 1 is 1.15 bits per heavy atom. The van der Waals surface area contributed by atoms with Crippen molar-refractivity contribution in [2.45, 2.75) is 6.18 Å². The van der Waals surface area contributed by atoms with Crippen LogP contribution in [0.15, 0.2) is 36.8 Å². The third kappa shape index (κ3) is 1.94. The Morgan fingerprint density at radius 2 is 1.95 bits per heavy atom. The molecular weight excluding hydrogens is 271 g/mol. The van der Waals surface area contributed by atoms with Gasteiger partial charge in [-0.25, -0.2) is 14.5 Å². The lowest BCUT2D eigenvalue weighted by Crippen LogP contribution is -2.10. The number of nitrogens with two attached hydrogens (primary N) is 1. The van der Waals surface area contributed by atoms with Crippen molar-refractivity contribution in [3.8, 4) is 11.3 Å². The van der Waals surface area contributed by atoms with Crippen molar-refractivity contribution in [1.82, 2.24) is 19.6 Å². The molecule has 20 heavy (non-hydrogen) atoms. The summed E-state index contributed by atoms with van der Waals surface area (Å²) in [7, 11) is 0. The predicted molar refractivity (Wildman–Crippen MR) is 65.6 cm³/mol. The van der Waals surface area contributed by atoms with Crippen LogP contribution in [0.25, 0.3) is 16.9 Å². The Balaban J connectivity index is 2.20.